The van der Waals surface area contributed by atoms with Crippen LogP contribution in [-0.4, -0.2) is 54.1 Å². The number of likely N-dealkylation sites (N-methyl/N-ethyl adjacent to an activating group) is 1. The second-order valence-corrected chi connectivity index (χ2v) is 12.7. The van der Waals surface area contributed by atoms with Gasteiger partial charge >= 0.3 is 11.9 Å². The van der Waals surface area contributed by atoms with Gasteiger partial charge in [0.25, 0.3) is 5.69 Å². The Morgan fingerprint density at radius 1 is 0.917 bits per heavy atom. The monoisotopic (exact) mass is 675 g/mol. The summed E-state index contributed by atoms with van der Waals surface area (Å²) in [6, 6.07) is 26.9. The Morgan fingerprint density at radius 3 is 2.02 bits per heavy atom. The summed E-state index contributed by atoms with van der Waals surface area (Å²) in [5.74, 6) is -1.90. The molecule has 0 fully saturated rings. The summed E-state index contributed by atoms with van der Waals surface area (Å²) in [4.78, 5) is 40.8. The fourth-order valence-electron chi connectivity index (χ4n) is 6.27. The van der Waals surface area contributed by atoms with Gasteiger partial charge in [-0.2, -0.15) is 0 Å². The number of carbonyl (C=O) groups excluding carboxylic acids is 2. The van der Waals surface area contributed by atoms with Crippen molar-refractivity contribution in [3.05, 3.63) is 134 Å². The number of nitrogens with one attached hydrogen (secondary N) is 1. The van der Waals surface area contributed by atoms with Gasteiger partial charge in [-0.15, -0.1) is 12.4 Å². The minimum absolute atomic E-state index is 0. The number of dihydropyridines is 1. The number of non-ortho nitro benzene ring substituents is 1. The number of nitro benzene ring substituents is 1. The van der Waals surface area contributed by atoms with Crippen molar-refractivity contribution in [3.8, 4) is 0 Å². The number of allylic oxidation sites excluding steroid dienone is 2. The lowest BCUT2D eigenvalue weighted by Crippen LogP contribution is -2.42. The number of benzene rings is 3. The van der Waals surface area contributed by atoms with E-state index in [1.54, 1.807) is 26.0 Å². The first-order valence-corrected chi connectivity index (χ1v) is 16.0. The van der Waals surface area contributed by atoms with Crippen LogP contribution < -0.4 is 5.32 Å². The normalized spacial score (nSPS) is 14.8. The molecule has 0 saturated carbocycles. The first-order chi connectivity index (χ1) is 22.4. The van der Waals surface area contributed by atoms with Crippen LogP contribution in [0.5, 0.6) is 0 Å². The zero-order valence-corrected chi connectivity index (χ0v) is 29.3. The smallest absolute Gasteiger partial charge is 0.337 e. The maximum atomic E-state index is 14.1. The SMILES string of the molecule is CCCOC(=O)C1=C(C)NC(C)=C(C(=O)OC(C)(C)CN(C)CCC(c2ccccc2)c2ccccc2)C1c1cccc([N+](=O)[O-])c1.Cl. The third kappa shape index (κ3) is 9.55. The van der Waals surface area contributed by atoms with E-state index in [2.05, 4.69) is 58.7 Å². The number of hydrogen-bond acceptors (Lipinski definition) is 8. The second kappa shape index (κ2) is 17.1. The molecule has 0 saturated heterocycles. The predicted octanol–water partition coefficient (Wildman–Crippen LogP) is 7.68. The van der Waals surface area contributed by atoms with E-state index in [0.29, 0.717) is 29.9 Å². The van der Waals surface area contributed by atoms with Crippen LogP contribution in [0.1, 0.15) is 76.0 Å². The Balaban J connectivity index is 0.00000625. The number of ether oxygens (including phenoxy) is 2. The molecule has 1 heterocycles. The average Bonchev–Trinajstić information content (AvgIpc) is 3.03. The summed E-state index contributed by atoms with van der Waals surface area (Å²) in [6.45, 7) is 10.5. The first-order valence-electron chi connectivity index (χ1n) is 16.0. The van der Waals surface area contributed by atoms with Crippen molar-refractivity contribution < 1.29 is 24.0 Å². The Morgan fingerprint density at radius 2 is 1.48 bits per heavy atom. The molecule has 0 radical (unpaired) electrons. The Labute approximate surface area is 289 Å². The highest BCUT2D eigenvalue weighted by Crippen LogP contribution is 2.41. The molecule has 1 unspecified atom stereocenters. The zero-order chi connectivity index (χ0) is 34.1. The van der Waals surface area contributed by atoms with Gasteiger partial charge < -0.3 is 19.7 Å². The fraction of sp³-hybridized carbons (Fsp3) is 0.368. The van der Waals surface area contributed by atoms with Crippen LogP contribution in [0.15, 0.2) is 107 Å². The quantitative estimate of drug-likeness (QED) is 0.105. The van der Waals surface area contributed by atoms with Crippen molar-refractivity contribution in [1.29, 1.82) is 0 Å². The minimum atomic E-state index is -0.918. The highest BCUT2D eigenvalue weighted by Gasteiger charge is 2.40. The molecule has 9 nitrogen and oxygen atoms in total. The van der Waals surface area contributed by atoms with Crippen LogP contribution in [0, 0.1) is 10.1 Å². The van der Waals surface area contributed by atoms with Gasteiger partial charge in [0.05, 0.1) is 28.6 Å². The number of carbonyl (C=O) groups is 2. The van der Waals surface area contributed by atoms with Crippen LogP contribution in [-0.2, 0) is 19.1 Å². The molecule has 4 rings (SSSR count). The third-order valence-corrected chi connectivity index (χ3v) is 8.27. The van der Waals surface area contributed by atoms with Gasteiger partial charge in [-0.25, -0.2) is 9.59 Å². The Bertz CT molecular complexity index is 1600. The van der Waals surface area contributed by atoms with Crippen LogP contribution in [0.3, 0.4) is 0 Å². The van der Waals surface area contributed by atoms with Crippen LogP contribution in [0.4, 0.5) is 5.69 Å². The molecule has 0 spiro atoms. The van der Waals surface area contributed by atoms with Crippen molar-refractivity contribution in [2.45, 2.75) is 64.9 Å². The van der Waals surface area contributed by atoms with Gasteiger partial charge in [-0.1, -0.05) is 79.7 Å². The standard InChI is InChI=1S/C38H45N3O6.ClH/c1-7-23-46-36(42)33-26(2)39-27(3)34(35(33)30-19-14-20-31(24-30)41(44)45)37(43)47-38(4,5)25-40(6)22-21-32(28-15-10-8-11-16-28)29-17-12-9-13-18-29;/h8-20,24,32,35,39H,7,21-23,25H2,1-6H3;1H. The summed E-state index contributed by atoms with van der Waals surface area (Å²) in [5, 5.41) is 14.8. The van der Waals surface area contributed by atoms with E-state index in [1.165, 1.54) is 23.3 Å². The Hall–Kier alpha value is -4.47. The van der Waals surface area contributed by atoms with Gasteiger partial charge in [-0.05, 0) is 70.8 Å². The molecule has 3 aromatic carbocycles. The Kier molecular flexibility index (Phi) is 13.5. The van der Waals surface area contributed by atoms with E-state index in [9.17, 15) is 19.7 Å². The fourth-order valence-corrected chi connectivity index (χ4v) is 6.27. The molecular weight excluding hydrogens is 630 g/mol. The lowest BCUT2D eigenvalue weighted by molar-refractivity contribution is -0.384. The number of halogens is 1. The largest absolute Gasteiger partial charge is 0.462 e. The third-order valence-electron chi connectivity index (χ3n) is 8.27. The van der Waals surface area contributed by atoms with E-state index in [1.807, 2.05) is 40.0 Å². The van der Waals surface area contributed by atoms with Gasteiger partial charge in [0.2, 0.25) is 0 Å². The molecule has 0 bridgehead atoms. The molecule has 256 valence electrons. The number of rotatable bonds is 14. The molecule has 1 N–H and O–H groups in total. The molecule has 0 aromatic heterocycles. The molecule has 1 aliphatic rings. The summed E-state index contributed by atoms with van der Waals surface area (Å²) < 4.78 is 11.7. The maximum Gasteiger partial charge on any atom is 0.337 e. The van der Waals surface area contributed by atoms with Gasteiger partial charge in [0.15, 0.2) is 0 Å². The number of esters is 2. The van der Waals surface area contributed by atoms with Crippen LogP contribution in [0.2, 0.25) is 0 Å². The van der Waals surface area contributed by atoms with E-state index in [0.717, 1.165) is 13.0 Å². The summed E-state index contributed by atoms with van der Waals surface area (Å²) in [6.07, 6.45) is 1.49. The van der Waals surface area contributed by atoms with Crippen molar-refractivity contribution in [2.24, 2.45) is 0 Å². The van der Waals surface area contributed by atoms with Crippen LogP contribution >= 0.6 is 12.4 Å². The average molecular weight is 676 g/mol. The number of hydrogen-bond donors (Lipinski definition) is 1. The lowest BCUT2D eigenvalue weighted by atomic mass is 9.80. The second-order valence-electron chi connectivity index (χ2n) is 12.7. The van der Waals surface area contributed by atoms with E-state index < -0.39 is 28.4 Å². The van der Waals surface area contributed by atoms with Crippen molar-refractivity contribution in [3.63, 3.8) is 0 Å². The van der Waals surface area contributed by atoms with Gasteiger partial charge in [0, 0.05) is 36.0 Å². The molecular formula is C38H46ClN3O6. The minimum Gasteiger partial charge on any atom is -0.462 e. The van der Waals surface area contributed by atoms with Crippen molar-refractivity contribution in [2.75, 3.05) is 26.7 Å². The highest BCUT2D eigenvalue weighted by atomic mass is 35.5. The first kappa shape index (κ1) is 38.0. The molecule has 48 heavy (non-hydrogen) atoms. The molecule has 1 aliphatic heterocycles. The highest BCUT2D eigenvalue weighted by molar-refractivity contribution is 6.00. The summed E-state index contributed by atoms with van der Waals surface area (Å²) >= 11 is 0. The molecule has 0 aliphatic carbocycles. The van der Waals surface area contributed by atoms with Crippen molar-refractivity contribution >= 4 is 30.0 Å². The molecule has 1 atom stereocenters. The van der Waals surface area contributed by atoms with Gasteiger partial charge in [-0.3, -0.25) is 10.1 Å². The molecule has 10 heteroatoms. The zero-order valence-electron chi connectivity index (χ0n) is 28.5. The van der Waals surface area contributed by atoms with E-state index in [4.69, 9.17) is 9.47 Å². The predicted molar refractivity (Wildman–Crippen MR) is 190 cm³/mol. The van der Waals surface area contributed by atoms with Crippen LogP contribution in [0.25, 0.3) is 0 Å². The van der Waals surface area contributed by atoms with E-state index >= 15 is 0 Å². The molecule has 3 aromatic rings. The molecule has 0 amide bonds. The lowest BCUT2D eigenvalue weighted by Gasteiger charge is -2.34. The number of nitro groups is 1. The van der Waals surface area contributed by atoms with Crippen molar-refractivity contribution in [1.82, 2.24) is 10.2 Å². The topological polar surface area (TPSA) is 111 Å². The summed E-state index contributed by atoms with van der Waals surface area (Å²) in [7, 11) is 2.01. The summed E-state index contributed by atoms with van der Waals surface area (Å²) in [5.41, 5.74) is 3.33. The maximum absolute atomic E-state index is 14.1. The number of nitrogens with zero attached hydrogens (tertiary/aromatic N) is 2. The van der Waals surface area contributed by atoms with E-state index in [-0.39, 0.29) is 41.8 Å². The van der Waals surface area contributed by atoms with Gasteiger partial charge in [0.1, 0.15) is 5.60 Å².